The number of aryl methyl sites for hydroxylation is 1. The maximum atomic E-state index is 12.6. The summed E-state index contributed by atoms with van der Waals surface area (Å²) in [6.45, 7) is 6.60. The number of rotatable bonds is 4. The maximum absolute atomic E-state index is 12.6. The summed E-state index contributed by atoms with van der Waals surface area (Å²) in [5, 5.41) is 13.0. The normalized spacial score (nSPS) is 18.7. The molecule has 1 atom stereocenters. The summed E-state index contributed by atoms with van der Waals surface area (Å²) >= 11 is 0. The van der Waals surface area contributed by atoms with Crippen LogP contribution in [0.25, 0.3) is 11.2 Å². The fraction of sp³-hybridized carbons (Fsp3) is 0.688. The molecule has 3 heterocycles. The van der Waals surface area contributed by atoms with E-state index in [9.17, 15) is 18.3 Å². The van der Waals surface area contributed by atoms with Crippen LogP contribution in [-0.4, -0.2) is 55.5 Å². The average Bonchev–Trinajstić information content (AvgIpc) is 3.08. The first-order valence-corrected chi connectivity index (χ1v) is 8.53. The number of fused-ring (bicyclic) bond motifs is 1. The lowest BCUT2D eigenvalue weighted by Crippen LogP contribution is -2.29. The van der Waals surface area contributed by atoms with Gasteiger partial charge in [0, 0.05) is 25.2 Å². The summed E-state index contributed by atoms with van der Waals surface area (Å²) in [5.74, 6) is 0.860. The number of aliphatic hydroxyl groups is 1. The Balaban J connectivity index is 2.02. The standard InChI is InChI=1S/C16H23F3N6O/c1-15(2,3)23-14-21-12(24-6-4-10(26)8-24)11-13(22-14)25(9-20-11)7-5-16(17,18)19/h9-10,26H,4-8H2,1-3H3,(H,21,22,23). The van der Waals surface area contributed by atoms with Crippen molar-refractivity contribution in [2.45, 2.75) is 58.0 Å². The van der Waals surface area contributed by atoms with Crippen molar-refractivity contribution < 1.29 is 18.3 Å². The van der Waals surface area contributed by atoms with Crippen LogP contribution >= 0.6 is 0 Å². The molecule has 2 aromatic heterocycles. The van der Waals surface area contributed by atoms with E-state index in [2.05, 4.69) is 20.3 Å². The Hall–Kier alpha value is -2.10. The molecule has 0 bridgehead atoms. The molecule has 0 amide bonds. The van der Waals surface area contributed by atoms with E-state index < -0.39 is 18.7 Å². The summed E-state index contributed by atoms with van der Waals surface area (Å²) in [6.07, 6.45) is -3.68. The second kappa shape index (κ2) is 6.57. The smallest absolute Gasteiger partial charge is 0.390 e. The maximum Gasteiger partial charge on any atom is 0.390 e. The zero-order chi connectivity index (χ0) is 19.1. The largest absolute Gasteiger partial charge is 0.391 e. The lowest BCUT2D eigenvalue weighted by molar-refractivity contribution is -0.136. The van der Waals surface area contributed by atoms with Gasteiger partial charge in [0.2, 0.25) is 5.95 Å². The highest BCUT2D eigenvalue weighted by Crippen LogP contribution is 2.29. The van der Waals surface area contributed by atoms with Gasteiger partial charge in [0.05, 0.1) is 18.9 Å². The van der Waals surface area contributed by atoms with Gasteiger partial charge in [0.1, 0.15) is 0 Å². The molecular weight excluding hydrogens is 349 g/mol. The molecule has 26 heavy (non-hydrogen) atoms. The molecule has 7 nitrogen and oxygen atoms in total. The van der Waals surface area contributed by atoms with Crippen molar-refractivity contribution in [1.82, 2.24) is 19.5 Å². The summed E-state index contributed by atoms with van der Waals surface area (Å²) in [5.41, 5.74) is 0.486. The molecule has 1 unspecified atom stereocenters. The predicted molar refractivity (Wildman–Crippen MR) is 92.2 cm³/mol. The Morgan fingerprint density at radius 3 is 2.58 bits per heavy atom. The number of aliphatic hydroxyl groups excluding tert-OH is 1. The fourth-order valence-corrected chi connectivity index (χ4v) is 2.89. The van der Waals surface area contributed by atoms with Crippen molar-refractivity contribution >= 4 is 22.9 Å². The monoisotopic (exact) mass is 372 g/mol. The molecular formula is C16H23F3N6O. The number of anilines is 2. The molecule has 0 aliphatic carbocycles. The highest BCUT2D eigenvalue weighted by Gasteiger charge is 2.29. The third kappa shape index (κ3) is 4.35. The van der Waals surface area contributed by atoms with Crippen molar-refractivity contribution in [3.63, 3.8) is 0 Å². The van der Waals surface area contributed by atoms with Gasteiger partial charge < -0.3 is 19.9 Å². The molecule has 2 aromatic rings. The Kier molecular flexibility index (Phi) is 4.72. The molecule has 3 rings (SSSR count). The molecule has 1 aliphatic heterocycles. The minimum absolute atomic E-state index is 0.256. The van der Waals surface area contributed by atoms with E-state index in [1.807, 2.05) is 25.7 Å². The van der Waals surface area contributed by atoms with Crippen LogP contribution in [0.1, 0.15) is 33.6 Å². The van der Waals surface area contributed by atoms with Crippen LogP contribution in [0.3, 0.4) is 0 Å². The fourth-order valence-electron chi connectivity index (χ4n) is 2.89. The van der Waals surface area contributed by atoms with E-state index in [0.717, 1.165) is 0 Å². The second-order valence-corrected chi connectivity index (χ2v) is 7.61. The molecule has 0 saturated carbocycles. The van der Waals surface area contributed by atoms with Crippen LogP contribution in [-0.2, 0) is 6.54 Å². The van der Waals surface area contributed by atoms with Gasteiger partial charge in [0.25, 0.3) is 0 Å². The van der Waals surface area contributed by atoms with Gasteiger partial charge >= 0.3 is 6.18 Å². The summed E-state index contributed by atoms with van der Waals surface area (Å²) < 4.78 is 39.2. The van der Waals surface area contributed by atoms with Gasteiger partial charge in [-0.05, 0) is 27.2 Å². The van der Waals surface area contributed by atoms with Gasteiger partial charge in [-0.2, -0.15) is 23.1 Å². The number of alkyl halides is 3. The van der Waals surface area contributed by atoms with E-state index in [1.165, 1.54) is 10.9 Å². The van der Waals surface area contributed by atoms with Crippen LogP contribution < -0.4 is 10.2 Å². The van der Waals surface area contributed by atoms with Crippen molar-refractivity contribution in [1.29, 1.82) is 0 Å². The lowest BCUT2D eigenvalue weighted by Gasteiger charge is -2.23. The Morgan fingerprint density at radius 2 is 2.00 bits per heavy atom. The number of aromatic nitrogens is 4. The highest BCUT2D eigenvalue weighted by molar-refractivity contribution is 5.85. The van der Waals surface area contributed by atoms with Crippen molar-refractivity contribution in [3.8, 4) is 0 Å². The zero-order valence-corrected chi connectivity index (χ0v) is 15.0. The van der Waals surface area contributed by atoms with Crippen molar-refractivity contribution in [3.05, 3.63) is 6.33 Å². The number of hydrogen-bond donors (Lipinski definition) is 2. The average molecular weight is 372 g/mol. The number of halogens is 3. The molecule has 1 fully saturated rings. The van der Waals surface area contributed by atoms with Gasteiger partial charge in [-0.25, -0.2) is 4.98 Å². The first-order valence-electron chi connectivity index (χ1n) is 8.53. The van der Waals surface area contributed by atoms with E-state index >= 15 is 0 Å². The molecule has 10 heteroatoms. The zero-order valence-electron chi connectivity index (χ0n) is 15.0. The summed E-state index contributed by atoms with van der Waals surface area (Å²) in [7, 11) is 0. The van der Waals surface area contributed by atoms with E-state index in [4.69, 9.17) is 0 Å². The van der Waals surface area contributed by atoms with Crippen molar-refractivity contribution in [2.24, 2.45) is 0 Å². The molecule has 1 saturated heterocycles. The minimum atomic E-state index is -4.25. The number of hydrogen-bond acceptors (Lipinski definition) is 6. The minimum Gasteiger partial charge on any atom is -0.391 e. The Labute approximate surface area is 149 Å². The summed E-state index contributed by atoms with van der Waals surface area (Å²) in [6, 6.07) is 0. The van der Waals surface area contributed by atoms with Crippen LogP contribution in [0.5, 0.6) is 0 Å². The second-order valence-electron chi connectivity index (χ2n) is 7.61. The molecule has 144 valence electrons. The van der Waals surface area contributed by atoms with Crippen LogP contribution in [0.15, 0.2) is 6.33 Å². The van der Waals surface area contributed by atoms with Gasteiger partial charge in [-0.3, -0.25) is 0 Å². The SMILES string of the molecule is CC(C)(C)Nc1nc(N2CCC(O)C2)c2ncn(CCC(F)(F)F)c2n1. The number of β-amino-alcohol motifs (C(OH)–C–C–N with tert-alkyl or cyclic N) is 1. The van der Waals surface area contributed by atoms with Crippen LogP contribution in [0.4, 0.5) is 24.9 Å². The Morgan fingerprint density at radius 1 is 1.27 bits per heavy atom. The van der Waals surface area contributed by atoms with Crippen molar-refractivity contribution in [2.75, 3.05) is 23.3 Å². The topological polar surface area (TPSA) is 79.1 Å². The quantitative estimate of drug-likeness (QED) is 0.859. The molecule has 2 N–H and O–H groups in total. The van der Waals surface area contributed by atoms with Crippen LogP contribution in [0.2, 0.25) is 0 Å². The first kappa shape index (κ1) is 18.7. The summed E-state index contributed by atoms with van der Waals surface area (Å²) in [4.78, 5) is 15.1. The first-order chi connectivity index (χ1) is 12.0. The third-order valence-electron chi connectivity index (χ3n) is 4.03. The Bertz CT molecular complexity index is 783. The molecule has 0 aromatic carbocycles. The highest BCUT2D eigenvalue weighted by atomic mass is 19.4. The lowest BCUT2D eigenvalue weighted by atomic mass is 10.1. The van der Waals surface area contributed by atoms with E-state index in [1.54, 1.807) is 0 Å². The molecule has 1 aliphatic rings. The predicted octanol–water partition coefficient (Wildman–Crippen LogP) is 2.56. The van der Waals surface area contributed by atoms with Crippen LogP contribution in [0, 0.1) is 0 Å². The van der Waals surface area contributed by atoms with E-state index in [0.29, 0.717) is 42.4 Å². The number of nitrogens with one attached hydrogen (secondary N) is 1. The third-order valence-corrected chi connectivity index (χ3v) is 4.03. The van der Waals surface area contributed by atoms with E-state index in [-0.39, 0.29) is 12.1 Å². The van der Waals surface area contributed by atoms with Gasteiger partial charge in [-0.15, -0.1) is 0 Å². The number of nitrogens with zero attached hydrogens (tertiary/aromatic N) is 5. The van der Waals surface area contributed by atoms with Gasteiger partial charge in [-0.1, -0.05) is 0 Å². The number of imidazole rings is 1. The van der Waals surface area contributed by atoms with Gasteiger partial charge in [0.15, 0.2) is 17.0 Å². The molecule has 0 radical (unpaired) electrons. The molecule has 0 spiro atoms.